The van der Waals surface area contributed by atoms with E-state index in [1.807, 2.05) is 18.2 Å². The first-order valence-electron chi connectivity index (χ1n) is 6.20. The summed E-state index contributed by atoms with van der Waals surface area (Å²) in [7, 11) is 1.63. The molecule has 0 saturated carbocycles. The van der Waals surface area contributed by atoms with Crippen molar-refractivity contribution in [1.82, 2.24) is 4.98 Å². The Morgan fingerprint density at radius 2 is 2.41 bits per heavy atom. The zero-order valence-electron chi connectivity index (χ0n) is 10.5. The van der Waals surface area contributed by atoms with Crippen LogP contribution >= 0.6 is 0 Å². The molecular weight excluding hydrogens is 216 g/mol. The van der Waals surface area contributed by atoms with Crippen molar-refractivity contribution in [3.05, 3.63) is 18.2 Å². The first-order chi connectivity index (χ1) is 8.33. The SMILES string of the molecule is CCC1OCCC1CNc1cccc(OC)n1. The Balaban J connectivity index is 1.88. The molecule has 0 bridgehead atoms. The van der Waals surface area contributed by atoms with Crippen molar-refractivity contribution in [1.29, 1.82) is 0 Å². The van der Waals surface area contributed by atoms with Gasteiger partial charge in [-0.15, -0.1) is 0 Å². The molecule has 1 N–H and O–H groups in total. The minimum Gasteiger partial charge on any atom is -0.481 e. The summed E-state index contributed by atoms with van der Waals surface area (Å²) in [6.07, 6.45) is 2.61. The number of anilines is 1. The second kappa shape index (κ2) is 5.87. The van der Waals surface area contributed by atoms with Crippen molar-refractivity contribution in [3.8, 4) is 5.88 Å². The highest BCUT2D eigenvalue weighted by molar-refractivity contribution is 5.37. The van der Waals surface area contributed by atoms with Crippen LogP contribution in [0.5, 0.6) is 5.88 Å². The van der Waals surface area contributed by atoms with Gasteiger partial charge in [0.15, 0.2) is 0 Å². The van der Waals surface area contributed by atoms with E-state index >= 15 is 0 Å². The number of nitrogens with zero attached hydrogens (tertiary/aromatic N) is 1. The molecule has 1 aromatic heterocycles. The standard InChI is InChI=1S/C13H20N2O2/c1-3-11-10(7-8-17-11)9-14-12-5-4-6-13(15-12)16-2/h4-6,10-11H,3,7-9H2,1-2H3,(H,14,15). The highest BCUT2D eigenvalue weighted by Gasteiger charge is 2.26. The van der Waals surface area contributed by atoms with Crippen LogP contribution in [0.1, 0.15) is 19.8 Å². The van der Waals surface area contributed by atoms with Crippen LogP contribution in [0, 0.1) is 5.92 Å². The minimum absolute atomic E-state index is 0.396. The molecule has 1 saturated heterocycles. The van der Waals surface area contributed by atoms with E-state index in [1.165, 1.54) is 0 Å². The van der Waals surface area contributed by atoms with Crippen molar-refractivity contribution in [2.75, 3.05) is 25.6 Å². The van der Waals surface area contributed by atoms with E-state index in [0.717, 1.165) is 31.8 Å². The van der Waals surface area contributed by atoms with Crippen LogP contribution in [0.4, 0.5) is 5.82 Å². The molecule has 0 spiro atoms. The third-order valence-electron chi connectivity index (χ3n) is 3.23. The Hall–Kier alpha value is -1.29. The Kier molecular flexibility index (Phi) is 4.20. The lowest BCUT2D eigenvalue weighted by molar-refractivity contribution is 0.0900. The van der Waals surface area contributed by atoms with Crippen LogP contribution in [-0.4, -0.2) is 31.3 Å². The molecule has 0 aromatic carbocycles. The molecule has 2 atom stereocenters. The highest BCUT2D eigenvalue weighted by atomic mass is 16.5. The number of methoxy groups -OCH3 is 1. The molecule has 0 radical (unpaired) electrons. The largest absolute Gasteiger partial charge is 0.481 e. The van der Waals surface area contributed by atoms with Crippen LogP contribution < -0.4 is 10.1 Å². The van der Waals surface area contributed by atoms with Crippen molar-refractivity contribution in [2.24, 2.45) is 5.92 Å². The van der Waals surface area contributed by atoms with Gasteiger partial charge >= 0.3 is 0 Å². The van der Waals surface area contributed by atoms with Crippen LogP contribution in [0.3, 0.4) is 0 Å². The van der Waals surface area contributed by atoms with Crippen molar-refractivity contribution >= 4 is 5.82 Å². The Morgan fingerprint density at radius 1 is 1.53 bits per heavy atom. The molecule has 0 aliphatic carbocycles. The number of rotatable bonds is 5. The average Bonchev–Trinajstić information content (AvgIpc) is 2.84. The molecule has 2 rings (SSSR count). The maximum absolute atomic E-state index is 5.66. The third-order valence-corrected chi connectivity index (χ3v) is 3.23. The molecule has 4 nitrogen and oxygen atoms in total. The van der Waals surface area contributed by atoms with Gasteiger partial charge in [0.25, 0.3) is 0 Å². The van der Waals surface area contributed by atoms with E-state index in [0.29, 0.717) is 17.9 Å². The molecule has 1 fully saturated rings. The topological polar surface area (TPSA) is 43.4 Å². The van der Waals surface area contributed by atoms with Gasteiger partial charge in [-0.3, -0.25) is 0 Å². The summed E-state index contributed by atoms with van der Waals surface area (Å²) >= 11 is 0. The fraction of sp³-hybridized carbons (Fsp3) is 0.615. The monoisotopic (exact) mass is 236 g/mol. The van der Waals surface area contributed by atoms with Crippen LogP contribution in [0.15, 0.2) is 18.2 Å². The van der Waals surface area contributed by atoms with Gasteiger partial charge in [0, 0.05) is 25.1 Å². The smallest absolute Gasteiger partial charge is 0.214 e. The third kappa shape index (κ3) is 3.09. The predicted molar refractivity (Wildman–Crippen MR) is 67.4 cm³/mol. The summed E-state index contributed by atoms with van der Waals surface area (Å²) in [5, 5.41) is 3.35. The summed E-state index contributed by atoms with van der Waals surface area (Å²) < 4.78 is 10.8. The maximum Gasteiger partial charge on any atom is 0.214 e. The van der Waals surface area contributed by atoms with Crippen molar-refractivity contribution < 1.29 is 9.47 Å². The number of aromatic nitrogens is 1. The van der Waals surface area contributed by atoms with E-state index in [9.17, 15) is 0 Å². The Labute approximate surface area is 102 Å². The van der Waals surface area contributed by atoms with Gasteiger partial charge in [0.2, 0.25) is 5.88 Å². The molecule has 2 unspecified atom stereocenters. The lowest BCUT2D eigenvalue weighted by Gasteiger charge is -2.17. The molecule has 0 amide bonds. The number of pyridine rings is 1. The lowest BCUT2D eigenvalue weighted by atomic mass is 10.00. The lowest BCUT2D eigenvalue weighted by Crippen LogP contribution is -2.23. The number of hydrogen-bond acceptors (Lipinski definition) is 4. The first-order valence-corrected chi connectivity index (χ1v) is 6.20. The van der Waals surface area contributed by atoms with Gasteiger partial charge in [0.1, 0.15) is 5.82 Å². The fourth-order valence-corrected chi connectivity index (χ4v) is 2.24. The van der Waals surface area contributed by atoms with E-state index in [2.05, 4.69) is 17.2 Å². The second-order valence-corrected chi connectivity index (χ2v) is 4.31. The molecule has 17 heavy (non-hydrogen) atoms. The molecule has 4 heteroatoms. The molecule has 1 aliphatic heterocycles. The van der Waals surface area contributed by atoms with E-state index in [-0.39, 0.29) is 0 Å². The number of ether oxygens (including phenoxy) is 2. The quantitative estimate of drug-likeness (QED) is 0.852. The molecule has 94 valence electrons. The van der Waals surface area contributed by atoms with Crippen LogP contribution in [0.25, 0.3) is 0 Å². The summed E-state index contributed by atoms with van der Waals surface area (Å²) in [4.78, 5) is 4.33. The van der Waals surface area contributed by atoms with Crippen LogP contribution in [-0.2, 0) is 4.74 Å². The molecule has 1 aliphatic rings. The van der Waals surface area contributed by atoms with Gasteiger partial charge in [-0.25, -0.2) is 0 Å². The fourth-order valence-electron chi connectivity index (χ4n) is 2.24. The number of nitrogens with one attached hydrogen (secondary N) is 1. The van der Waals surface area contributed by atoms with Gasteiger partial charge in [-0.1, -0.05) is 13.0 Å². The van der Waals surface area contributed by atoms with Gasteiger partial charge in [-0.05, 0) is 18.9 Å². The molecular formula is C13H20N2O2. The van der Waals surface area contributed by atoms with Gasteiger partial charge in [0.05, 0.1) is 13.2 Å². The van der Waals surface area contributed by atoms with Crippen molar-refractivity contribution in [2.45, 2.75) is 25.9 Å². The number of hydrogen-bond donors (Lipinski definition) is 1. The van der Waals surface area contributed by atoms with E-state index < -0.39 is 0 Å². The molecule has 2 heterocycles. The Morgan fingerprint density at radius 3 is 3.18 bits per heavy atom. The normalized spacial score (nSPS) is 23.6. The first kappa shape index (κ1) is 12.2. The highest BCUT2D eigenvalue weighted by Crippen LogP contribution is 2.23. The zero-order chi connectivity index (χ0) is 12.1. The average molecular weight is 236 g/mol. The van der Waals surface area contributed by atoms with Crippen LogP contribution in [0.2, 0.25) is 0 Å². The van der Waals surface area contributed by atoms with E-state index in [4.69, 9.17) is 9.47 Å². The summed E-state index contributed by atoms with van der Waals surface area (Å²) in [5.41, 5.74) is 0. The van der Waals surface area contributed by atoms with Gasteiger partial charge in [-0.2, -0.15) is 4.98 Å². The Bertz CT molecular complexity index is 357. The zero-order valence-corrected chi connectivity index (χ0v) is 10.5. The minimum atomic E-state index is 0.396. The van der Waals surface area contributed by atoms with E-state index in [1.54, 1.807) is 7.11 Å². The van der Waals surface area contributed by atoms with Gasteiger partial charge < -0.3 is 14.8 Å². The molecule has 1 aromatic rings. The van der Waals surface area contributed by atoms with Crippen molar-refractivity contribution in [3.63, 3.8) is 0 Å². The summed E-state index contributed by atoms with van der Waals surface area (Å²) in [5.74, 6) is 2.10. The predicted octanol–water partition coefficient (Wildman–Crippen LogP) is 2.32. The second-order valence-electron chi connectivity index (χ2n) is 4.31. The maximum atomic E-state index is 5.66. The summed E-state index contributed by atoms with van der Waals surface area (Å²) in [6, 6.07) is 5.74. The summed E-state index contributed by atoms with van der Waals surface area (Å²) in [6.45, 7) is 3.97.